The molecule has 19 heavy (non-hydrogen) atoms. The van der Waals surface area contributed by atoms with Crippen molar-refractivity contribution in [1.29, 1.82) is 5.26 Å². The van der Waals surface area contributed by atoms with Gasteiger partial charge < -0.3 is 5.32 Å². The normalized spacial score (nSPS) is 9.95. The Bertz CT molecular complexity index is 614. The predicted octanol–water partition coefficient (Wildman–Crippen LogP) is 3.87. The molecule has 2 aromatic carbocycles. The summed E-state index contributed by atoms with van der Waals surface area (Å²) in [5.74, 6) is -0.377. The summed E-state index contributed by atoms with van der Waals surface area (Å²) in [5, 5.41) is 12.0. The van der Waals surface area contributed by atoms with Crippen LogP contribution < -0.4 is 5.32 Å². The molecule has 3 heteroatoms. The molecule has 0 heterocycles. The van der Waals surface area contributed by atoms with Gasteiger partial charge in [-0.2, -0.15) is 5.26 Å². The van der Waals surface area contributed by atoms with Crippen molar-refractivity contribution in [2.45, 2.75) is 19.9 Å². The minimum Gasteiger partial charge on any atom is -0.381 e. The van der Waals surface area contributed by atoms with Crippen LogP contribution in [-0.2, 0) is 13.0 Å². The van der Waals surface area contributed by atoms with Crippen LogP contribution in [0, 0.1) is 17.1 Å². The summed E-state index contributed by atoms with van der Waals surface area (Å²) < 4.78 is 13.3. The SMILES string of the molecule is CCc1cccc(NCc2cc(F)cc(C#N)c2)c1. The van der Waals surface area contributed by atoms with Crippen molar-refractivity contribution in [1.82, 2.24) is 0 Å². The minimum absolute atomic E-state index is 0.346. The summed E-state index contributed by atoms with van der Waals surface area (Å²) in [6.45, 7) is 2.60. The number of nitrogens with one attached hydrogen (secondary N) is 1. The van der Waals surface area contributed by atoms with Crippen LogP contribution in [0.4, 0.5) is 10.1 Å². The first-order chi connectivity index (χ1) is 9.21. The Morgan fingerprint density at radius 3 is 2.74 bits per heavy atom. The van der Waals surface area contributed by atoms with Crippen LogP contribution in [0.5, 0.6) is 0 Å². The van der Waals surface area contributed by atoms with E-state index in [-0.39, 0.29) is 5.82 Å². The Kier molecular flexibility index (Phi) is 4.15. The number of halogens is 1. The first-order valence-electron chi connectivity index (χ1n) is 6.23. The van der Waals surface area contributed by atoms with E-state index in [0.717, 1.165) is 17.7 Å². The van der Waals surface area contributed by atoms with Crippen LogP contribution in [0.25, 0.3) is 0 Å². The summed E-state index contributed by atoms with van der Waals surface area (Å²) in [6, 6.07) is 14.4. The topological polar surface area (TPSA) is 35.8 Å². The number of nitriles is 1. The standard InChI is InChI=1S/C16H15FN2/c1-2-12-4-3-5-16(9-12)19-11-14-6-13(10-18)7-15(17)8-14/h3-9,19H,2,11H2,1H3. The molecule has 96 valence electrons. The fraction of sp³-hybridized carbons (Fsp3) is 0.188. The van der Waals surface area contributed by atoms with E-state index in [9.17, 15) is 4.39 Å². The fourth-order valence-corrected chi connectivity index (χ4v) is 1.92. The van der Waals surface area contributed by atoms with Crippen LogP contribution >= 0.6 is 0 Å². The molecule has 0 bridgehead atoms. The van der Waals surface area contributed by atoms with Crippen LogP contribution in [0.2, 0.25) is 0 Å². The van der Waals surface area contributed by atoms with Crippen molar-refractivity contribution < 1.29 is 4.39 Å². The number of anilines is 1. The van der Waals surface area contributed by atoms with Crippen molar-refractivity contribution in [2.24, 2.45) is 0 Å². The quantitative estimate of drug-likeness (QED) is 0.899. The molecule has 0 radical (unpaired) electrons. The lowest BCUT2D eigenvalue weighted by Gasteiger charge is -2.08. The van der Waals surface area contributed by atoms with Crippen molar-refractivity contribution in [3.05, 3.63) is 65.0 Å². The maximum absolute atomic E-state index is 13.3. The molecule has 2 aromatic rings. The molecule has 0 atom stereocenters. The molecule has 0 aromatic heterocycles. The monoisotopic (exact) mass is 254 g/mol. The summed E-state index contributed by atoms with van der Waals surface area (Å²) in [6.07, 6.45) is 0.980. The summed E-state index contributed by atoms with van der Waals surface area (Å²) in [4.78, 5) is 0. The van der Waals surface area contributed by atoms with E-state index in [1.54, 1.807) is 6.07 Å². The van der Waals surface area contributed by atoms with Crippen LogP contribution in [0.15, 0.2) is 42.5 Å². The zero-order valence-electron chi connectivity index (χ0n) is 10.8. The number of hydrogen-bond donors (Lipinski definition) is 1. The Balaban J connectivity index is 2.10. The molecule has 0 unspecified atom stereocenters. The molecule has 2 rings (SSSR count). The third-order valence-corrected chi connectivity index (χ3v) is 2.92. The van der Waals surface area contributed by atoms with Gasteiger partial charge in [0.2, 0.25) is 0 Å². The van der Waals surface area contributed by atoms with Gasteiger partial charge in [0.15, 0.2) is 0 Å². The van der Waals surface area contributed by atoms with E-state index >= 15 is 0 Å². The van der Waals surface area contributed by atoms with Gasteiger partial charge in [-0.15, -0.1) is 0 Å². The van der Waals surface area contributed by atoms with Gasteiger partial charge in [-0.1, -0.05) is 19.1 Å². The molecule has 0 amide bonds. The van der Waals surface area contributed by atoms with Gasteiger partial charge in [-0.05, 0) is 47.9 Å². The second-order valence-electron chi connectivity index (χ2n) is 4.37. The minimum atomic E-state index is -0.377. The molecule has 0 aliphatic heterocycles. The molecule has 0 spiro atoms. The van der Waals surface area contributed by atoms with Crippen LogP contribution in [-0.4, -0.2) is 0 Å². The number of aryl methyl sites for hydroxylation is 1. The highest BCUT2D eigenvalue weighted by Crippen LogP contribution is 2.14. The Hall–Kier alpha value is -2.34. The zero-order valence-corrected chi connectivity index (χ0v) is 10.8. The fourth-order valence-electron chi connectivity index (χ4n) is 1.92. The second-order valence-corrected chi connectivity index (χ2v) is 4.37. The average molecular weight is 254 g/mol. The van der Waals surface area contributed by atoms with Gasteiger partial charge in [-0.25, -0.2) is 4.39 Å². The van der Waals surface area contributed by atoms with Gasteiger partial charge in [0.25, 0.3) is 0 Å². The van der Waals surface area contributed by atoms with Gasteiger partial charge in [0, 0.05) is 12.2 Å². The van der Waals surface area contributed by atoms with E-state index in [4.69, 9.17) is 5.26 Å². The highest BCUT2D eigenvalue weighted by atomic mass is 19.1. The van der Waals surface area contributed by atoms with Crippen molar-refractivity contribution in [3.8, 4) is 6.07 Å². The van der Waals surface area contributed by atoms with Crippen LogP contribution in [0.3, 0.4) is 0 Å². The number of benzene rings is 2. The lowest BCUT2D eigenvalue weighted by Crippen LogP contribution is -2.00. The van der Waals surface area contributed by atoms with E-state index in [1.165, 1.54) is 17.7 Å². The van der Waals surface area contributed by atoms with Gasteiger partial charge in [0.1, 0.15) is 5.82 Å². The molecule has 0 saturated heterocycles. The highest BCUT2D eigenvalue weighted by Gasteiger charge is 2.01. The Morgan fingerprint density at radius 1 is 1.16 bits per heavy atom. The zero-order chi connectivity index (χ0) is 13.7. The summed E-state index contributed by atoms with van der Waals surface area (Å²) in [7, 11) is 0. The third-order valence-electron chi connectivity index (χ3n) is 2.92. The molecular formula is C16H15FN2. The highest BCUT2D eigenvalue weighted by molar-refractivity contribution is 5.46. The van der Waals surface area contributed by atoms with Gasteiger partial charge in [0.05, 0.1) is 11.6 Å². The lowest BCUT2D eigenvalue weighted by atomic mass is 10.1. The second kappa shape index (κ2) is 6.01. The molecule has 2 nitrogen and oxygen atoms in total. The van der Waals surface area contributed by atoms with Crippen molar-refractivity contribution in [2.75, 3.05) is 5.32 Å². The number of nitrogens with zero attached hydrogens (tertiary/aromatic N) is 1. The largest absolute Gasteiger partial charge is 0.381 e. The maximum atomic E-state index is 13.3. The van der Waals surface area contributed by atoms with E-state index in [2.05, 4.69) is 24.4 Å². The van der Waals surface area contributed by atoms with E-state index < -0.39 is 0 Å². The maximum Gasteiger partial charge on any atom is 0.124 e. The van der Waals surface area contributed by atoms with Gasteiger partial charge in [-0.3, -0.25) is 0 Å². The molecule has 0 aliphatic carbocycles. The van der Waals surface area contributed by atoms with E-state index in [0.29, 0.717) is 12.1 Å². The first kappa shape index (κ1) is 13.1. The average Bonchev–Trinajstić information content (AvgIpc) is 2.44. The number of hydrogen-bond acceptors (Lipinski definition) is 2. The third kappa shape index (κ3) is 3.56. The number of rotatable bonds is 4. The molecular weight excluding hydrogens is 239 g/mol. The molecule has 0 saturated carbocycles. The van der Waals surface area contributed by atoms with Gasteiger partial charge >= 0.3 is 0 Å². The Morgan fingerprint density at radius 2 is 2.00 bits per heavy atom. The lowest BCUT2D eigenvalue weighted by molar-refractivity contribution is 0.625. The summed E-state index contributed by atoms with van der Waals surface area (Å²) in [5.41, 5.74) is 3.36. The van der Waals surface area contributed by atoms with Crippen LogP contribution in [0.1, 0.15) is 23.6 Å². The smallest absolute Gasteiger partial charge is 0.124 e. The Labute approximate surface area is 112 Å². The van der Waals surface area contributed by atoms with Crippen molar-refractivity contribution in [3.63, 3.8) is 0 Å². The molecule has 0 fully saturated rings. The van der Waals surface area contributed by atoms with Crippen molar-refractivity contribution >= 4 is 5.69 Å². The molecule has 1 N–H and O–H groups in total. The molecule has 0 aliphatic rings. The van der Waals surface area contributed by atoms with E-state index in [1.807, 2.05) is 18.2 Å². The summed E-state index contributed by atoms with van der Waals surface area (Å²) >= 11 is 0. The first-order valence-corrected chi connectivity index (χ1v) is 6.23. The predicted molar refractivity (Wildman–Crippen MR) is 74.3 cm³/mol.